The van der Waals surface area contributed by atoms with E-state index in [2.05, 4.69) is 42.0 Å². The average molecular weight is 511 g/mol. The number of halogens is 1. The third kappa shape index (κ3) is 6.37. The Labute approximate surface area is 178 Å². The van der Waals surface area contributed by atoms with Crippen molar-refractivity contribution >= 4 is 51.1 Å². The van der Waals surface area contributed by atoms with E-state index in [4.69, 9.17) is 4.99 Å². The van der Waals surface area contributed by atoms with Crippen molar-refractivity contribution in [2.24, 2.45) is 16.8 Å². The summed E-state index contributed by atoms with van der Waals surface area (Å²) >= 11 is 1.73. The Kier molecular flexibility index (Phi) is 8.21. The van der Waals surface area contributed by atoms with Crippen LogP contribution in [0.2, 0.25) is 0 Å². The summed E-state index contributed by atoms with van der Waals surface area (Å²) < 4.78 is 23.3. The molecule has 26 heavy (non-hydrogen) atoms. The Bertz CT molecular complexity index is 691. The summed E-state index contributed by atoms with van der Waals surface area (Å²) in [4.78, 5) is 6.02. The third-order valence-corrected chi connectivity index (χ3v) is 8.09. The summed E-state index contributed by atoms with van der Waals surface area (Å²) in [6.45, 7) is 5.01. The number of rotatable bonds is 5. The van der Waals surface area contributed by atoms with Gasteiger partial charge in [0.2, 0.25) is 0 Å². The van der Waals surface area contributed by atoms with Crippen LogP contribution in [0.15, 0.2) is 22.5 Å². The Morgan fingerprint density at radius 3 is 2.77 bits per heavy atom. The number of aliphatic imine (C=N–C) groups is 1. The van der Waals surface area contributed by atoms with Gasteiger partial charge in [-0.05, 0) is 55.9 Å². The van der Waals surface area contributed by atoms with Crippen LogP contribution in [-0.4, -0.2) is 38.5 Å². The van der Waals surface area contributed by atoms with Gasteiger partial charge < -0.3 is 10.6 Å². The van der Waals surface area contributed by atoms with Crippen molar-refractivity contribution < 1.29 is 8.42 Å². The molecule has 8 heteroatoms. The Morgan fingerprint density at radius 1 is 1.38 bits per heavy atom. The van der Waals surface area contributed by atoms with Gasteiger partial charge in [0.15, 0.2) is 15.8 Å². The van der Waals surface area contributed by atoms with Gasteiger partial charge in [0.05, 0.1) is 17.5 Å². The Balaban J connectivity index is 0.00000243. The first-order chi connectivity index (χ1) is 11.9. The van der Waals surface area contributed by atoms with E-state index in [0.29, 0.717) is 18.3 Å². The number of sulfone groups is 1. The maximum absolute atomic E-state index is 11.7. The highest BCUT2D eigenvalue weighted by atomic mass is 127. The predicted molar refractivity (Wildman–Crippen MR) is 120 cm³/mol. The highest BCUT2D eigenvalue weighted by Crippen LogP contribution is 2.25. The van der Waals surface area contributed by atoms with Gasteiger partial charge in [-0.15, -0.1) is 35.3 Å². The molecule has 1 saturated carbocycles. The summed E-state index contributed by atoms with van der Waals surface area (Å²) in [5.41, 5.74) is 0. The quantitative estimate of drug-likeness (QED) is 0.360. The van der Waals surface area contributed by atoms with Crippen molar-refractivity contribution in [2.75, 3.05) is 18.1 Å². The minimum atomic E-state index is -2.84. The number of hydrogen-bond acceptors (Lipinski definition) is 4. The number of nitrogens with one attached hydrogen (secondary N) is 2. The van der Waals surface area contributed by atoms with Gasteiger partial charge in [-0.2, -0.15) is 0 Å². The molecule has 1 aliphatic heterocycles. The van der Waals surface area contributed by atoms with Crippen LogP contribution in [0.5, 0.6) is 0 Å². The number of hydrogen-bond donors (Lipinski definition) is 2. The maximum Gasteiger partial charge on any atom is 0.191 e. The fourth-order valence-corrected chi connectivity index (χ4v) is 6.30. The molecule has 0 amide bonds. The zero-order valence-corrected chi connectivity index (χ0v) is 19.4. The molecule has 1 aromatic rings. The zero-order chi connectivity index (χ0) is 17.9. The molecule has 0 aromatic carbocycles. The lowest BCUT2D eigenvalue weighted by atomic mass is 10.1. The molecular weight excluding hydrogens is 481 g/mol. The molecule has 2 N–H and O–H groups in total. The molecule has 1 aliphatic carbocycles. The standard InChI is InChI=1S/C18H29N3O2S2.HI/c1-13-5-6-16(10-13)21-18(20-14(2)17-4-3-8-24-17)19-11-15-7-9-25(22,23)12-15;/h3-4,8,13-16H,5-7,9-12H2,1-2H3,(H2,19,20,21);1H. The maximum atomic E-state index is 11.7. The van der Waals surface area contributed by atoms with E-state index < -0.39 is 9.84 Å². The first-order valence-corrected chi connectivity index (χ1v) is 11.9. The fourth-order valence-electron chi connectivity index (χ4n) is 3.71. The molecule has 2 aliphatic rings. The van der Waals surface area contributed by atoms with Crippen molar-refractivity contribution in [1.29, 1.82) is 0 Å². The SMILES string of the molecule is CC1CCC(NC(=NCC2CCS(=O)(=O)C2)NC(C)c2cccs2)C1.I. The van der Waals surface area contributed by atoms with Crippen molar-refractivity contribution in [3.8, 4) is 0 Å². The van der Waals surface area contributed by atoms with Gasteiger partial charge in [0.25, 0.3) is 0 Å². The van der Waals surface area contributed by atoms with Crippen LogP contribution in [0.1, 0.15) is 50.4 Å². The zero-order valence-electron chi connectivity index (χ0n) is 15.5. The summed E-state index contributed by atoms with van der Waals surface area (Å²) in [5.74, 6) is 2.33. The molecule has 5 nitrogen and oxygen atoms in total. The van der Waals surface area contributed by atoms with Crippen LogP contribution in [-0.2, 0) is 9.84 Å². The molecular formula is C18H30IN3O2S2. The van der Waals surface area contributed by atoms with Gasteiger partial charge in [-0.1, -0.05) is 13.0 Å². The minimum Gasteiger partial charge on any atom is -0.354 e. The Hall–Kier alpha value is -0.350. The van der Waals surface area contributed by atoms with E-state index in [9.17, 15) is 8.42 Å². The highest BCUT2D eigenvalue weighted by Gasteiger charge is 2.28. The lowest BCUT2D eigenvalue weighted by Crippen LogP contribution is -2.43. The first kappa shape index (κ1) is 21.9. The number of thiophene rings is 1. The van der Waals surface area contributed by atoms with Crippen molar-refractivity contribution in [3.05, 3.63) is 22.4 Å². The molecule has 0 bridgehead atoms. The molecule has 2 heterocycles. The molecule has 148 valence electrons. The molecule has 4 unspecified atom stereocenters. The summed E-state index contributed by atoms with van der Waals surface area (Å²) in [5, 5.41) is 9.17. The second-order valence-electron chi connectivity index (χ2n) is 7.60. The molecule has 0 spiro atoms. The smallest absolute Gasteiger partial charge is 0.191 e. The monoisotopic (exact) mass is 511 g/mol. The highest BCUT2D eigenvalue weighted by molar-refractivity contribution is 14.0. The van der Waals surface area contributed by atoms with Crippen molar-refractivity contribution in [3.63, 3.8) is 0 Å². The van der Waals surface area contributed by atoms with Gasteiger partial charge in [-0.3, -0.25) is 4.99 Å². The van der Waals surface area contributed by atoms with E-state index in [0.717, 1.165) is 18.3 Å². The van der Waals surface area contributed by atoms with Gasteiger partial charge in [-0.25, -0.2) is 8.42 Å². The minimum absolute atomic E-state index is 0. The van der Waals surface area contributed by atoms with Gasteiger partial charge in [0.1, 0.15) is 0 Å². The normalized spacial score (nSPS) is 29.2. The molecule has 1 saturated heterocycles. The summed E-state index contributed by atoms with van der Waals surface area (Å²) in [6, 6.07) is 4.84. The van der Waals surface area contributed by atoms with Crippen LogP contribution >= 0.6 is 35.3 Å². The summed E-state index contributed by atoms with van der Waals surface area (Å²) in [7, 11) is -2.84. The largest absolute Gasteiger partial charge is 0.354 e. The second kappa shape index (κ2) is 9.73. The number of nitrogens with zero attached hydrogens (tertiary/aromatic N) is 1. The van der Waals surface area contributed by atoms with E-state index in [-0.39, 0.29) is 41.7 Å². The fraction of sp³-hybridized carbons (Fsp3) is 0.722. The van der Waals surface area contributed by atoms with E-state index in [1.165, 1.54) is 24.1 Å². The van der Waals surface area contributed by atoms with Crippen LogP contribution < -0.4 is 10.6 Å². The van der Waals surface area contributed by atoms with Gasteiger partial charge >= 0.3 is 0 Å². The average Bonchev–Trinajstić information content (AvgIpc) is 3.27. The van der Waals surface area contributed by atoms with Crippen LogP contribution in [0.4, 0.5) is 0 Å². The van der Waals surface area contributed by atoms with E-state index >= 15 is 0 Å². The third-order valence-electron chi connectivity index (χ3n) is 5.19. The lowest BCUT2D eigenvalue weighted by Gasteiger charge is -2.21. The lowest BCUT2D eigenvalue weighted by molar-refractivity contribution is 0.551. The molecule has 0 radical (unpaired) electrons. The van der Waals surface area contributed by atoms with Crippen LogP contribution in [0.3, 0.4) is 0 Å². The number of guanidine groups is 1. The van der Waals surface area contributed by atoms with E-state index in [1.54, 1.807) is 11.3 Å². The van der Waals surface area contributed by atoms with Crippen molar-refractivity contribution in [2.45, 2.75) is 51.6 Å². The first-order valence-electron chi connectivity index (χ1n) is 9.22. The van der Waals surface area contributed by atoms with Crippen molar-refractivity contribution in [1.82, 2.24) is 10.6 Å². The predicted octanol–water partition coefficient (Wildman–Crippen LogP) is 3.59. The molecule has 4 atom stereocenters. The molecule has 3 rings (SSSR count). The van der Waals surface area contributed by atoms with Crippen LogP contribution in [0, 0.1) is 11.8 Å². The van der Waals surface area contributed by atoms with E-state index in [1.807, 2.05) is 0 Å². The van der Waals surface area contributed by atoms with Gasteiger partial charge in [0, 0.05) is 17.5 Å². The topological polar surface area (TPSA) is 70.6 Å². The molecule has 1 aromatic heterocycles. The molecule has 2 fully saturated rings. The Morgan fingerprint density at radius 2 is 2.19 bits per heavy atom. The van der Waals surface area contributed by atoms with Crippen LogP contribution in [0.25, 0.3) is 0 Å². The summed E-state index contributed by atoms with van der Waals surface area (Å²) in [6.07, 6.45) is 4.34. The second-order valence-corrected chi connectivity index (χ2v) is 10.8.